The zero-order valence-electron chi connectivity index (χ0n) is 11.9. The SMILES string of the molecule is CCNc1cc(NCC2(OC)CCC2)cc([N+](=O)[O-])c1. The van der Waals surface area contributed by atoms with E-state index in [0.29, 0.717) is 6.54 Å². The highest BCUT2D eigenvalue weighted by atomic mass is 16.6. The van der Waals surface area contributed by atoms with Crippen molar-refractivity contribution in [2.45, 2.75) is 31.8 Å². The van der Waals surface area contributed by atoms with Crippen LogP contribution in [0.3, 0.4) is 0 Å². The van der Waals surface area contributed by atoms with Gasteiger partial charge in [0, 0.05) is 43.7 Å². The molecule has 0 saturated heterocycles. The number of hydrogen-bond acceptors (Lipinski definition) is 5. The fourth-order valence-corrected chi connectivity index (χ4v) is 2.41. The number of methoxy groups -OCH3 is 1. The number of nitrogens with zero attached hydrogens (tertiary/aromatic N) is 1. The van der Waals surface area contributed by atoms with Gasteiger partial charge in [0.15, 0.2) is 0 Å². The quantitative estimate of drug-likeness (QED) is 0.592. The second-order valence-corrected chi connectivity index (χ2v) is 5.15. The minimum absolute atomic E-state index is 0.0889. The van der Waals surface area contributed by atoms with Gasteiger partial charge in [-0.2, -0.15) is 0 Å². The fraction of sp³-hybridized carbons (Fsp3) is 0.571. The van der Waals surface area contributed by atoms with Gasteiger partial charge in [0.1, 0.15) is 0 Å². The molecule has 2 rings (SSSR count). The van der Waals surface area contributed by atoms with Crippen LogP contribution in [0.15, 0.2) is 18.2 Å². The van der Waals surface area contributed by atoms with Crippen LogP contribution in [0.1, 0.15) is 26.2 Å². The molecule has 6 nitrogen and oxygen atoms in total. The van der Waals surface area contributed by atoms with E-state index in [-0.39, 0.29) is 16.2 Å². The smallest absolute Gasteiger partial charge is 0.273 e. The Kier molecular flexibility index (Phi) is 4.44. The van der Waals surface area contributed by atoms with E-state index in [4.69, 9.17) is 4.74 Å². The van der Waals surface area contributed by atoms with Crippen LogP contribution >= 0.6 is 0 Å². The number of non-ortho nitro benzene ring substituents is 1. The van der Waals surface area contributed by atoms with Crippen molar-refractivity contribution in [1.82, 2.24) is 0 Å². The number of nitro groups is 1. The Morgan fingerprint density at radius 1 is 1.30 bits per heavy atom. The molecule has 1 aliphatic rings. The van der Waals surface area contributed by atoms with Gasteiger partial charge in [-0.25, -0.2) is 0 Å². The molecule has 1 aromatic carbocycles. The van der Waals surface area contributed by atoms with E-state index in [0.717, 1.165) is 30.8 Å². The van der Waals surface area contributed by atoms with E-state index in [1.807, 2.05) is 13.0 Å². The van der Waals surface area contributed by atoms with Crippen LogP contribution in [0.2, 0.25) is 0 Å². The van der Waals surface area contributed by atoms with Crippen molar-refractivity contribution in [3.8, 4) is 0 Å². The number of hydrogen-bond donors (Lipinski definition) is 2. The van der Waals surface area contributed by atoms with Crippen molar-refractivity contribution >= 4 is 17.1 Å². The minimum atomic E-state index is -0.374. The van der Waals surface area contributed by atoms with E-state index in [1.54, 1.807) is 19.2 Å². The Labute approximate surface area is 118 Å². The van der Waals surface area contributed by atoms with Gasteiger partial charge in [0.25, 0.3) is 5.69 Å². The van der Waals surface area contributed by atoms with Gasteiger partial charge in [0.2, 0.25) is 0 Å². The number of ether oxygens (including phenoxy) is 1. The van der Waals surface area contributed by atoms with Gasteiger partial charge >= 0.3 is 0 Å². The van der Waals surface area contributed by atoms with Crippen molar-refractivity contribution in [2.24, 2.45) is 0 Å². The maximum atomic E-state index is 11.0. The van der Waals surface area contributed by atoms with Gasteiger partial charge in [0.05, 0.1) is 10.5 Å². The molecule has 0 radical (unpaired) electrons. The Morgan fingerprint density at radius 2 is 1.95 bits per heavy atom. The molecule has 0 bridgehead atoms. The summed E-state index contributed by atoms with van der Waals surface area (Å²) in [4.78, 5) is 10.6. The van der Waals surface area contributed by atoms with Crippen LogP contribution in [0, 0.1) is 10.1 Å². The molecule has 1 aromatic rings. The molecule has 0 heterocycles. The lowest BCUT2D eigenvalue weighted by Crippen LogP contribution is -2.45. The molecule has 0 amide bonds. The average Bonchev–Trinajstić information content (AvgIpc) is 2.38. The third kappa shape index (κ3) is 3.19. The molecule has 0 spiro atoms. The van der Waals surface area contributed by atoms with Crippen molar-refractivity contribution in [3.05, 3.63) is 28.3 Å². The minimum Gasteiger partial charge on any atom is -0.385 e. The number of nitro benzene ring substituents is 1. The maximum absolute atomic E-state index is 11.0. The first-order valence-corrected chi connectivity index (χ1v) is 6.91. The number of benzene rings is 1. The normalized spacial score (nSPS) is 16.3. The lowest BCUT2D eigenvalue weighted by molar-refractivity contribution is -0.384. The molecule has 1 saturated carbocycles. The van der Waals surface area contributed by atoms with E-state index >= 15 is 0 Å². The van der Waals surface area contributed by atoms with E-state index in [2.05, 4.69) is 10.6 Å². The van der Waals surface area contributed by atoms with Gasteiger partial charge in [-0.15, -0.1) is 0 Å². The third-order valence-corrected chi connectivity index (χ3v) is 3.82. The number of anilines is 2. The first-order valence-electron chi connectivity index (χ1n) is 6.91. The van der Waals surface area contributed by atoms with Crippen LogP contribution in [0.4, 0.5) is 17.1 Å². The first kappa shape index (κ1) is 14.6. The topological polar surface area (TPSA) is 76.4 Å². The predicted molar refractivity (Wildman–Crippen MR) is 79.3 cm³/mol. The number of rotatable bonds is 7. The fourth-order valence-electron chi connectivity index (χ4n) is 2.41. The molecular weight excluding hydrogens is 258 g/mol. The number of nitrogens with one attached hydrogen (secondary N) is 2. The molecule has 0 aromatic heterocycles. The van der Waals surface area contributed by atoms with Crippen molar-refractivity contribution in [1.29, 1.82) is 0 Å². The Bertz CT molecular complexity index is 481. The third-order valence-electron chi connectivity index (χ3n) is 3.82. The highest BCUT2D eigenvalue weighted by molar-refractivity contribution is 5.63. The highest BCUT2D eigenvalue weighted by Crippen LogP contribution is 2.35. The lowest BCUT2D eigenvalue weighted by atomic mass is 9.80. The van der Waals surface area contributed by atoms with Crippen LogP contribution < -0.4 is 10.6 Å². The molecule has 20 heavy (non-hydrogen) atoms. The highest BCUT2D eigenvalue weighted by Gasteiger charge is 2.36. The monoisotopic (exact) mass is 279 g/mol. The van der Waals surface area contributed by atoms with Gasteiger partial charge in [-0.1, -0.05) is 0 Å². The molecule has 110 valence electrons. The van der Waals surface area contributed by atoms with Crippen LogP contribution in [-0.4, -0.2) is 30.7 Å². The van der Waals surface area contributed by atoms with Gasteiger partial charge < -0.3 is 15.4 Å². The summed E-state index contributed by atoms with van der Waals surface area (Å²) < 4.78 is 5.54. The van der Waals surface area contributed by atoms with Crippen molar-refractivity contribution < 1.29 is 9.66 Å². The Hall–Kier alpha value is -1.82. The predicted octanol–water partition coefficient (Wildman–Crippen LogP) is 3.01. The van der Waals surface area contributed by atoms with Crippen molar-refractivity contribution in [2.75, 3.05) is 30.8 Å². The second-order valence-electron chi connectivity index (χ2n) is 5.15. The summed E-state index contributed by atoms with van der Waals surface area (Å²) in [6.07, 6.45) is 3.24. The lowest BCUT2D eigenvalue weighted by Gasteiger charge is -2.40. The van der Waals surface area contributed by atoms with E-state index in [1.165, 1.54) is 6.42 Å². The Balaban J connectivity index is 2.11. The summed E-state index contributed by atoms with van der Waals surface area (Å²) in [5.41, 5.74) is 1.48. The molecule has 0 unspecified atom stereocenters. The standard InChI is InChI=1S/C14H21N3O3/c1-3-15-11-7-12(9-13(8-11)17(18)19)16-10-14(20-2)5-4-6-14/h7-9,15-16H,3-6,10H2,1-2H3. The molecular formula is C14H21N3O3. The van der Waals surface area contributed by atoms with Gasteiger partial charge in [-0.3, -0.25) is 10.1 Å². The molecule has 0 atom stereocenters. The van der Waals surface area contributed by atoms with Gasteiger partial charge in [-0.05, 0) is 32.3 Å². The van der Waals surface area contributed by atoms with E-state index in [9.17, 15) is 10.1 Å². The molecule has 1 aliphatic carbocycles. The zero-order valence-corrected chi connectivity index (χ0v) is 11.9. The summed E-state index contributed by atoms with van der Waals surface area (Å²) in [7, 11) is 1.72. The zero-order chi connectivity index (χ0) is 14.6. The summed E-state index contributed by atoms with van der Waals surface area (Å²) in [5, 5.41) is 17.3. The first-order chi connectivity index (χ1) is 9.58. The van der Waals surface area contributed by atoms with Crippen molar-refractivity contribution in [3.63, 3.8) is 0 Å². The summed E-state index contributed by atoms with van der Waals surface area (Å²) in [5.74, 6) is 0. The van der Waals surface area contributed by atoms with Crippen LogP contribution in [0.5, 0.6) is 0 Å². The van der Waals surface area contributed by atoms with Crippen LogP contribution in [0.25, 0.3) is 0 Å². The summed E-state index contributed by atoms with van der Waals surface area (Å²) >= 11 is 0. The maximum Gasteiger partial charge on any atom is 0.273 e. The second kappa shape index (κ2) is 6.09. The molecule has 6 heteroatoms. The summed E-state index contributed by atoms with van der Waals surface area (Å²) in [6, 6.07) is 4.99. The summed E-state index contributed by atoms with van der Waals surface area (Å²) in [6.45, 7) is 3.36. The average molecular weight is 279 g/mol. The van der Waals surface area contributed by atoms with Crippen LogP contribution in [-0.2, 0) is 4.74 Å². The largest absolute Gasteiger partial charge is 0.385 e. The molecule has 0 aliphatic heterocycles. The molecule has 1 fully saturated rings. The van der Waals surface area contributed by atoms with E-state index < -0.39 is 0 Å². The molecule has 2 N–H and O–H groups in total. The Morgan fingerprint density at radius 3 is 2.40 bits per heavy atom.